The van der Waals surface area contributed by atoms with Crippen LogP contribution in [0.4, 0.5) is 0 Å². The molecule has 3 fully saturated rings. The summed E-state index contributed by atoms with van der Waals surface area (Å²) in [4.78, 5) is 0. The summed E-state index contributed by atoms with van der Waals surface area (Å²) in [6.45, 7) is 17.3. The summed E-state index contributed by atoms with van der Waals surface area (Å²) in [5.74, 6) is 5.55. The van der Waals surface area contributed by atoms with Gasteiger partial charge in [-0.2, -0.15) is 0 Å². The molecular formula is C29H46. The molecule has 4 rings (SSSR count). The number of fused-ring (bicyclic) bond motifs is 5. The van der Waals surface area contributed by atoms with Gasteiger partial charge in [-0.25, -0.2) is 0 Å². The Balaban J connectivity index is 1.57. The Labute approximate surface area is 181 Å². The zero-order valence-corrected chi connectivity index (χ0v) is 20.3. The maximum atomic E-state index is 2.66. The molecule has 4 aliphatic rings. The van der Waals surface area contributed by atoms with Crippen LogP contribution >= 0.6 is 0 Å². The van der Waals surface area contributed by atoms with E-state index in [-0.39, 0.29) is 0 Å². The minimum Gasteiger partial charge on any atom is -0.0852 e. The van der Waals surface area contributed by atoms with E-state index in [4.69, 9.17) is 0 Å². The Bertz CT molecular complexity index is 706. The normalized spacial score (nSPS) is 44.0. The highest BCUT2D eigenvalue weighted by atomic mass is 14.6. The Morgan fingerprint density at radius 1 is 0.897 bits per heavy atom. The summed E-state index contributed by atoms with van der Waals surface area (Å²) in [6.07, 6.45) is 20.2. The van der Waals surface area contributed by atoms with Crippen LogP contribution in [-0.4, -0.2) is 0 Å². The van der Waals surface area contributed by atoms with Crippen molar-refractivity contribution in [3.8, 4) is 0 Å². The standard InChI is InChI=1S/C29H46/c1-19(2)21(4)8-9-22(5)25-12-13-26-24-11-10-23-18-20(3)14-16-28(23,6)27(24)15-17-29(25,26)7/h8-11,19-22,25-27H,12-18H2,1-7H3/b9-8+/t20?,21?,22?,25?,26-,27-,28?,29?/m0/s1. The van der Waals surface area contributed by atoms with E-state index >= 15 is 0 Å². The lowest BCUT2D eigenvalue weighted by atomic mass is 9.49. The molecule has 162 valence electrons. The van der Waals surface area contributed by atoms with Gasteiger partial charge in [0.25, 0.3) is 0 Å². The molecule has 0 aliphatic heterocycles. The van der Waals surface area contributed by atoms with Gasteiger partial charge in [0, 0.05) is 0 Å². The van der Waals surface area contributed by atoms with Gasteiger partial charge in [-0.05, 0) is 97.2 Å². The second kappa shape index (κ2) is 7.72. The van der Waals surface area contributed by atoms with Gasteiger partial charge in [0.15, 0.2) is 0 Å². The van der Waals surface area contributed by atoms with Crippen molar-refractivity contribution in [1.82, 2.24) is 0 Å². The zero-order valence-electron chi connectivity index (χ0n) is 20.3. The molecule has 4 aliphatic carbocycles. The molecule has 0 aromatic carbocycles. The molecule has 0 bridgehead atoms. The van der Waals surface area contributed by atoms with E-state index in [0.29, 0.717) is 22.7 Å². The smallest absolute Gasteiger partial charge is 0.00474 e. The maximum Gasteiger partial charge on any atom is -0.00474 e. The average Bonchev–Trinajstić information content (AvgIpc) is 3.03. The van der Waals surface area contributed by atoms with Crippen LogP contribution in [0.25, 0.3) is 0 Å². The van der Waals surface area contributed by atoms with E-state index in [1.54, 1.807) is 5.57 Å². The van der Waals surface area contributed by atoms with E-state index in [1.807, 2.05) is 5.57 Å². The van der Waals surface area contributed by atoms with Gasteiger partial charge in [0.2, 0.25) is 0 Å². The molecule has 0 heteroatoms. The lowest BCUT2D eigenvalue weighted by Crippen LogP contribution is -2.45. The third-order valence-electron chi connectivity index (χ3n) is 10.3. The van der Waals surface area contributed by atoms with Gasteiger partial charge in [-0.1, -0.05) is 83.9 Å². The van der Waals surface area contributed by atoms with Crippen molar-refractivity contribution in [2.24, 2.45) is 52.3 Å². The quantitative estimate of drug-likeness (QED) is 0.419. The van der Waals surface area contributed by atoms with Crippen LogP contribution in [-0.2, 0) is 0 Å². The van der Waals surface area contributed by atoms with Crippen molar-refractivity contribution in [1.29, 1.82) is 0 Å². The number of hydrogen-bond donors (Lipinski definition) is 0. The van der Waals surface area contributed by atoms with Crippen molar-refractivity contribution in [2.75, 3.05) is 0 Å². The van der Waals surface area contributed by atoms with E-state index in [9.17, 15) is 0 Å². The predicted molar refractivity (Wildman–Crippen MR) is 127 cm³/mol. The monoisotopic (exact) mass is 394 g/mol. The molecule has 6 unspecified atom stereocenters. The molecule has 0 saturated heterocycles. The van der Waals surface area contributed by atoms with E-state index < -0.39 is 0 Å². The molecule has 29 heavy (non-hydrogen) atoms. The molecule has 0 aromatic heterocycles. The first-order valence-electron chi connectivity index (χ1n) is 12.8. The average molecular weight is 395 g/mol. The van der Waals surface area contributed by atoms with Crippen molar-refractivity contribution in [3.63, 3.8) is 0 Å². The van der Waals surface area contributed by atoms with Crippen LogP contribution in [0, 0.1) is 52.3 Å². The lowest BCUT2D eigenvalue weighted by Gasteiger charge is -2.55. The molecule has 0 heterocycles. The van der Waals surface area contributed by atoms with Gasteiger partial charge in [0.05, 0.1) is 0 Å². The second-order valence-corrected chi connectivity index (χ2v) is 12.3. The first kappa shape index (κ1) is 21.5. The second-order valence-electron chi connectivity index (χ2n) is 12.3. The van der Waals surface area contributed by atoms with Gasteiger partial charge < -0.3 is 0 Å². The summed E-state index contributed by atoms with van der Waals surface area (Å²) >= 11 is 0. The summed E-state index contributed by atoms with van der Waals surface area (Å²) in [7, 11) is 0. The van der Waals surface area contributed by atoms with Crippen LogP contribution in [0.5, 0.6) is 0 Å². The van der Waals surface area contributed by atoms with Gasteiger partial charge in [-0.3, -0.25) is 0 Å². The van der Waals surface area contributed by atoms with E-state index in [1.165, 1.54) is 44.9 Å². The third-order valence-corrected chi connectivity index (χ3v) is 10.3. The van der Waals surface area contributed by atoms with Crippen LogP contribution in [0.2, 0.25) is 0 Å². The van der Waals surface area contributed by atoms with Crippen LogP contribution in [0.15, 0.2) is 35.5 Å². The highest BCUT2D eigenvalue weighted by Crippen LogP contribution is 2.66. The molecule has 0 nitrogen and oxygen atoms in total. The third kappa shape index (κ3) is 3.51. The fourth-order valence-electron chi connectivity index (χ4n) is 7.80. The largest absolute Gasteiger partial charge is 0.0852 e. The Morgan fingerprint density at radius 2 is 1.66 bits per heavy atom. The molecule has 3 saturated carbocycles. The van der Waals surface area contributed by atoms with E-state index in [2.05, 4.69) is 72.8 Å². The lowest BCUT2D eigenvalue weighted by molar-refractivity contribution is 0.0539. The molecule has 8 atom stereocenters. The first-order valence-corrected chi connectivity index (χ1v) is 12.8. The molecule has 0 N–H and O–H groups in total. The highest BCUT2D eigenvalue weighted by Gasteiger charge is 2.56. The van der Waals surface area contributed by atoms with Crippen molar-refractivity contribution in [3.05, 3.63) is 35.5 Å². The van der Waals surface area contributed by atoms with Crippen molar-refractivity contribution in [2.45, 2.75) is 93.4 Å². The van der Waals surface area contributed by atoms with Crippen LogP contribution in [0.3, 0.4) is 0 Å². The number of rotatable bonds is 4. The predicted octanol–water partition coefficient (Wildman–Crippen LogP) is 8.61. The Kier molecular flexibility index (Phi) is 5.71. The SMILES string of the molecule is CC1CCC2(C)C(=CC=C3[C@@H]2CCC2(C)C(C(C)/C=C/C(C)C(C)C)CC[C@@H]32)C1. The van der Waals surface area contributed by atoms with Crippen LogP contribution < -0.4 is 0 Å². The summed E-state index contributed by atoms with van der Waals surface area (Å²) < 4.78 is 0. The minimum absolute atomic E-state index is 0.466. The summed E-state index contributed by atoms with van der Waals surface area (Å²) in [5, 5.41) is 0. The van der Waals surface area contributed by atoms with E-state index in [0.717, 1.165) is 29.6 Å². The van der Waals surface area contributed by atoms with Crippen molar-refractivity contribution >= 4 is 0 Å². The Morgan fingerprint density at radius 3 is 2.38 bits per heavy atom. The molecule has 0 aromatic rings. The van der Waals surface area contributed by atoms with Gasteiger partial charge in [-0.15, -0.1) is 0 Å². The zero-order chi connectivity index (χ0) is 21.0. The van der Waals surface area contributed by atoms with Gasteiger partial charge >= 0.3 is 0 Å². The fourth-order valence-corrected chi connectivity index (χ4v) is 7.80. The van der Waals surface area contributed by atoms with Gasteiger partial charge in [0.1, 0.15) is 0 Å². The first-order chi connectivity index (χ1) is 13.7. The molecule has 0 radical (unpaired) electrons. The summed E-state index contributed by atoms with van der Waals surface area (Å²) in [5.41, 5.74) is 4.61. The highest BCUT2D eigenvalue weighted by molar-refractivity contribution is 5.38. The molecule has 0 spiro atoms. The Hall–Kier alpha value is -0.780. The van der Waals surface area contributed by atoms with Crippen molar-refractivity contribution < 1.29 is 0 Å². The topological polar surface area (TPSA) is 0 Å². The maximum absolute atomic E-state index is 2.66. The fraction of sp³-hybridized carbons (Fsp3) is 0.793. The van der Waals surface area contributed by atoms with Crippen LogP contribution in [0.1, 0.15) is 93.4 Å². The molecule has 0 amide bonds. The molecular weight excluding hydrogens is 348 g/mol. The minimum atomic E-state index is 0.466. The number of allylic oxidation sites excluding steroid dienone is 6. The summed E-state index contributed by atoms with van der Waals surface area (Å²) in [6, 6.07) is 0. The number of hydrogen-bond acceptors (Lipinski definition) is 0.